The Hall–Kier alpha value is -1.80. The molecule has 2 aromatic carbocycles. The number of nitrogens with zero attached hydrogens (tertiary/aromatic N) is 1. The van der Waals surface area contributed by atoms with Gasteiger partial charge >= 0.3 is 0 Å². The molecule has 1 unspecified atom stereocenters. The summed E-state index contributed by atoms with van der Waals surface area (Å²) in [6, 6.07) is 18.4. The summed E-state index contributed by atoms with van der Waals surface area (Å²) in [6.45, 7) is 6.73. The Morgan fingerprint density at radius 2 is 1.81 bits per heavy atom. The minimum atomic E-state index is 0. The molecule has 0 radical (unpaired) electrons. The Morgan fingerprint density at radius 1 is 1.07 bits per heavy atom. The SMILES string of the molecule is CCNC(=NCc1cccc(COc2ccccc2)c1)NC(C)COC.I. The van der Waals surface area contributed by atoms with E-state index in [0.717, 1.165) is 29.4 Å². The van der Waals surface area contributed by atoms with E-state index in [1.165, 1.54) is 0 Å². The molecule has 0 heterocycles. The number of halogens is 1. The normalized spacial score (nSPS) is 12.0. The maximum absolute atomic E-state index is 5.82. The van der Waals surface area contributed by atoms with Crippen LogP contribution < -0.4 is 15.4 Å². The van der Waals surface area contributed by atoms with E-state index < -0.39 is 0 Å². The van der Waals surface area contributed by atoms with Gasteiger partial charge in [0.25, 0.3) is 0 Å². The van der Waals surface area contributed by atoms with Crippen LogP contribution in [0.25, 0.3) is 0 Å². The lowest BCUT2D eigenvalue weighted by Gasteiger charge is -2.17. The molecule has 0 amide bonds. The van der Waals surface area contributed by atoms with E-state index in [1.54, 1.807) is 7.11 Å². The number of guanidine groups is 1. The Labute approximate surface area is 179 Å². The lowest BCUT2D eigenvalue weighted by Crippen LogP contribution is -2.43. The fourth-order valence-corrected chi connectivity index (χ4v) is 2.52. The monoisotopic (exact) mass is 483 g/mol. The second-order valence-corrected chi connectivity index (χ2v) is 6.12. The molecule has 148 valence electrons. The van der Waals surface area contributed by atoms with Crippen molar-refractivity contribution in [2.75, 3.05) is 20.3 Å². The summed E-state index contributed by atoms with van der Waals surface area (Å²) in [5, 5.41) is 6.60. The molecule has 0 aliphatic heterocycles. The van der Waals surface area contributed by atoms with Gasteiger partial charge in [0.1, 0.15) is 12.4 Å². The largest absolute Gasteiger partial charge is 0.489 e. The van der Waals surface area contributed by atoms with Crippen molar-refractivity contribution >= 4 is 29.9 Å². The van der Waals surface area contributed by atoms with Crippen LogP contribution in [-0.2, 0) is 17.9 Å². The highest BCUT2D eigenvalue weighted by molar-refractivity contribution is 14.0. The van der Waals surface area contributed by atoms with Gasteiger partial charge in [-0.3, -0.25) is 0 Å². The summed E-state index contributed by atoms with van der Waals surface area (Å²) < 4.78 is 11.0. The molecule has 1 atom stereocenters. The third-order valence-corrected chi connectivity index (χ3v) is 3.70. The van der Waals surface area contributed by atoms with Gasteiger partial charge in [-0.2, -0.15) is 0 Å². The summed E-state index contributed by atoms with van der Waals surface area (Å²) >= 11 is 0. The van der Waals surface area contributed by atoms with E-state index in [9.17, 15) is 0 Å². The number of nitrogens with one attached hydrogen (secondary N) is 2. The van der Waals surface area contributed by atoms with Crippen molar-refractivity contribution in [2.45, 2.75) is 33.0 Å². The third-order valence-electron chi connectivity index (χ3n) is 3.70. The number of hydrogen-bond donors (Lipinski definition) is 2. The molecule has 0 bridgehead atoms. The minimum Gasteiger partial charge on any atom is -0.489 e. The fraction of sp³-hybridized carbons (Fsp3) is 0.381. The molecule has 0 aliphatic carbocycles. The van der Waals surface area contributed by atoms with Gasteiger partial charge in [0.05, 0.1) is 13.2 Å². The first kappa shape index (κ1) is 23.2. The topological polar surface area (TPSA) is 54.9 Å². The van der Waals surface area contributed by atoms with Gasteiger partial charge in [-0.25, -0.2) is 4.99 Å². The predicted molar refractivity (Wildman–Crippen MR) is 122 cm³/mol. The van der Waals surface area contributed by atoms with Crippen LogP contribution in [0, 0.1) is 0 Å². The van der Waals surface area contributed by atoms with E-state index in [1.807, 2.05) is 36.4 Å². The zero-order valence-corrected chi connectivity index (χ0v) is 18.6. The third kappa shape index (κ3) is 9.10. The summed E-state index contributed by atoms with van der Waals surface area (Å²) in [4.78, 5) is 4.66. The van der Waals surface area contributed by atoms with Crippen molar-refractivity contribution in [3.8, 4) is 5.75 Å². The molecule has 27 heavy (non-hydrogen) atoms. The van der Waals surface area contributed by atoms with E-state index >= 15 is 0 Å². The highest BCUT2D eigenvalue weighted by Crippen LogP contribution is 2.13. The van der Waals surface area contributed by atoms with Crippen LogP contribution in [0.5, 0.6) is 5.75 Å². The zero-order chi connectivity index (χ0) is 18.6. The van der Waals surface area contributed by atoms with E-state index in [4.69, 9.17) is 9.47 Å². The van der Waals surface area contributed by atoms with Crippen molar-refractivity contribution in [1.29, 1.82) is 0 Å². The van der Waals surface area contributed by atoms with Gasteiger partial charge in [0, 0.05) is 19.7 Å². The van der Waals surface area contributed by atoms with Gasteiger partial charge in [0.2, 0.25) is 0 Å². The molecule has 0 fully saturated rings. The average molecular weight is 483 g/mol. The molecule has 0 saturated heterocycles. The molecule has 5 nitrogen and oxygen atoms in total. The van der Waals surface area contributed by atoms with Crippen LogP contribution in [0.3, 0.4) is 0 Å². The smallest absolute Gasteiger partial charge is 0.191 e. The molecule has 2 rings (SSSR count). The Morgan fingerprint density at radius 3 is 2.52 bits per heavy atom. The van der Waals surface area contributed by atoms with Crippen LogP contribution in [0.2, 0.25) is 0 Å². The summed E-state index contributed by atoms with van der Waals surface area (Å²) in [5.41, 5.74) is 2.28. The number of aliphatic imine (C=N–C) groups is 1. The van der Waals surface area contributed by atoms with E-state index in [-0.39, 0.29) is 30.0 Å². The van der Waals surface area contributed by atoms with Crippen molar-refractivity contribution in [3.63, 3.8) is 0 Å². The van der Waals surface area contributed by atoms with Crippen LogP contribution in [-0.4, -0.2) is 32.3 Å². The summed E-state index contributed by atoms with van der Waals surface area (Å²) in [7, 11) is 1.70. The number of rotatable bonds is 9. The Kier molecular flexibility index (Phi) is 11.5. The first-order valence-corrected chi connectivity index (χ1v) is 9.00. The average Bonchev–Trinajstić information content (AvgIpc) is 2.66. The lowest BCUT2D eigenvalue weighted by atomic mass is 10.1. The maximum Gasteiger partial charge on any atom is 0.191 e. The molecule has 0 spiro atoms. The van der Waals surface area contributed by atoms with E-state index in [2.05, 4.69) is 47.7 Å². The number of methoxy groups -OCH3 is 1. The Bertz CT molecular complexity index is 680. The van der Waals surface area contributed by atoms with Crippen LogP contribution in [0.4, 0.5) is 0 Å². The number of para-hydroxylation sites is 1. The quantitative estimate of drug-likeness (QED) is 0.322. The molecule has 2 aromatic rings. The van der Waals surface area contributed by atoms with Gasteiger partial charge < -0.3 is 20.1 Å². The predicted octanol–water partition coefficient (Wildman–Crippen LogP) is 3.97. The summed E-state index contributed by atoms with van der Waals surface area (Å²) in [6.07, 6.45) is 0. The second kappa shape index (κ2) is 13.4. The lowest BCUT2D eigenvalue weighted by molar-refractivity contribution is 0.179. The molecule has 0 aliphatic rings. The number of benzene rings is 2. The highest BCUT2D eigenvalue weighted by atomic mass is 127. The van der Waals surface area contributed by atoms with Gasteiger partial charge in [0.15, 0.2) is 5.96 Å². The van der Waals surface area contributed by atoms with Gasteiger partial charge in [-0.15, -0.1) is 24.0 Å². The maximum atomic E-state index is 5.82. The van der Waals surface area contributed by atoms with E-state index in [0.29, 0.717) is 19.8 Å². The molecular formula is C21H30IN3O2. The van der Waals surface area contributed by atoms with Gasteiger partial charge in [-0.1, -0.05) is 42.5 Å². The van der Waals surface area contributed by atoms with Crippen molar-refractivity contribution in [1.82, 2.24) is 10.6 Å². The van der Waals surface area contributed by atoms with Gasteiger partial charge in [-0.05, 0) is 37.1 Å². The second-order valence-electron chi connectivity index (χ2n) is 6.12. The van der Waals surface area contributed by atoms with Crippen LogP contribution in [0.1, 0.15) is 25.0 Å². The highest BCUT2D eigenvalue weighted by Gasteiger charge is 2.04. The minimum absolute atomic E-state index is 0. The zero-order valence-electron chi connectivity index (χ0n) is 16.3. The summed E-state index contributed by atoms with van der Waals surface area (Å²) in [5.74, 6) is 1.67. The number of ether oxygens (including phenoxy) is 2. The first-order valence-electron chi connectivity index (χ1n) is 9.00. The first-order chi connectivity index (χ1) is 12.7. The molecule has 6 heteroatoms. The van der Waals surface area contributed by atoms with Crippen molar-refractivity contribution in [2.24, 2.45) is 4.99 Å². The van der Waals surface area contributed by atoms with Crippen LogP contribution in [0.15, 0.2) is 59.6 Å². The molecule has 0 aromatic heterocycles. The molecule has 2 N–H and O–H groups in total. The standard InChI is InChI=1S/C21H29N3O2.HI/c1-4-22-21(24-17(2)15-25-3)23-14-18-9-8-10-19(13-18)16-26-20-11-6-5-7-12-20;/h5-13,17H,4,14-16H2,1-3H3,(H2,22,23,24);1H. The fourth-order valence-electron chi connectivity index (χ4n) is 2.52. The van der Waals surface area contributed by atoms with Crippen molar-refractivity contribution < 1.29 is 9.47 Å². The molecule has 0 saturated carbocycles. The molecular weight excluding hydrogens is 453 g/mol. The van der Waals surface area contributed by atoms with Crippen molar-refractivity contribution in [3.05, 3.63) is 65.7 Å². The Balaban J connectivity index is 0.00000364. The number of hydrogen-bond acceptors (Lipinski definition) is 3. The van der Waals surface area contributed by atoms with Crippen LogP contribution >= 0.6 is 24.0 Å².